The highest BCUT2D eigenvalue weighted by Gasteiger charge is 2.37. The molecule has 2 heterocycles. The van der Waals surface area contributed by atoms with Crippen molar-refractivity contribution >= 4 is 27.4 Å². The Morgan fingerprint density at radius 1 is 1.03 bits per heavy atom. The Kier molecular flexibility index (Phi) is 6.34. The first-order chi connectivity index (χ1) is 15.1. The Bertz CT molecular complexity index is 1080. The molecular formula is C24H27NO5S. The summed E-state index contributed by atoms with van der Waals surface area (Å²) < 4.78 is 18.0. The number of aliphatic carboxylic acids is 1. The number of methoxy groups -OCH3 is 3. The SMILES string of the molecule is COc1cc(OC)c(C(c2csc3ccccc23)N2CCCCC2C(=O)O)cc1OC. The molecule has 1 fully saturated rings. The summed E-state index contributed by atoms with van der Waals surface area (Å²) in [6, 6.07) is 11.1. The van der Waals surface area contributed by atoms with Gasteiger partial charge >= 0.3 is 5.97 Å². The van der Waals surface area contributed by atoms with Gasteiger partial charge in [-0.15, -0.1) is 11.3 Å². The molecule has 0 aliphatic carbocycles. The summed E-state index contributed by atoms with van der Waals surface area (Å²) in [4.78, 5) is 14.3. The number of piperidine rings is 1. The van der Waals surface area contributed by atoms with Crippen LogP contribution in [0, 0.1) is 0 Å². The maximum Gasteiger partial charge on any atom is 0.320 e. The third-order valence-electron chi connectivity index (χ3n) is 6.00. The van der Waals surface area contributed by atoms with E-state index in [0.717, 1.165) is 29.4 Å². The van der Waals surface area contributed by atoms with Crippen LogP contribution in [0.15, 0.2) is 41.8 Å². The normalized spacial score (nSPS) is 18.0. The van der Waals surface area contributed by atoms with Crippen LogP contribution in [0.2, 0.25) is 0 Å². The number of likely N-dealkylation sites (tertiary alicyclic amines) is 1. The van der Waals surface area contributed by atoms with E-state index in [1.54, 1.807) is 32.7 Å². The van der Waals surface area contributed by atoms with Gasteiger partial charge in [0, 0.05) is 16.3 Å². The molecule has 6 nitrogen and oxygen atoms in total. The lowest BCUT2D eigenvalue weighted by atomic mass is 9.90. The molecule has 164 valence electrons. The fourth-order valence-corrected chi connectivity index (χ4v) is 5.51. The second kappa shape index (κ2) is 9.16. The molecule has 0 saturated carbocycles. The molecule has 0 amide bonds. The number of hydrogen-bond donors (Lipinski definition) is 1. The van der Waals surface area contributed by atoms with Crippen molar-refractivity contribution < 1.29 is 24.1 Å². The number of carbonyl (C=O) groups is 1. The molecule has 3 aromatic rings. The van der Waals surface area contributed by atoms with Gasteiger partial charge in [0.1, 0.15) is 11.8 Å². The average Bonchev–Trinajstić information content (AvgIpc) is 3.23. The molecule has 0 spiro atoms. The number of hydrogen-bond acceptors (Lipinski definition) is 6. The van der Waals surface area contributed by atoms with Crippen molar-refractivity contribution in [3.63, 3.8) is 0 Å². The van der Waals surface area contributed by atoms with E-state index < -0.39 is 12.0 Å². The minimum absolute atomic E-state index is 0.285. The lowest BCUT2D eigenvalue weighted by Crippen LogP contribution is -2.46. The van der Waals surface area contributed by atoms with Gasteiger partial charge in [0.05, 0.1) is 27.4 Å². The van der Waals surface area contributed by atoms with E-state index in [9.17, 15) is 9.90 Å². The number of nitrogens with zero attached hydrogens (tertiary/aromatic N) is 1. The van der Waals surface area contributed by atoms with Crippen LogP contribution < -0.4 is 14.2 Å². The number of thiophene rings is 1. The van der Waals surface area contributed by atoms with E-state index in [4.69, 9.17) is 14.2 Å². The summed E-state index contributed by atoms with van der Waals surface area (Å²) in [7, 11) is 4.81. The first-order valence-electron chi connectivity index (χ1n) is 10.3. The minimum Gasteiger partial charge on any atom is -0.496 e. The molecule has 0 bridgehead atoms. The quantitative estimate of drug-likeness (QED) is 0.559. The van der Waals surface area contributed by atoms with E-state index in [-0.39, 0.29) is 6.04 Å². The Morgan fingerprint density at radius 3 is 2.45 bits per heavy atom. The number of carboxylic acids is 1. The first-order valence-corrected chi connectivity index (χ1v) is 11.2. The summed E-state index contributed by atoms with van der Waals surface area (Å²) in [5.74, 6) is 1.02. The van der Waals surface area contributed by atoms with Crippen molar-refractivity contribution in [3.8, 4) is 17.2 Å². The van der Waals surface area contributed by atoms with Crippen LogP contribution in [-0.2, 0) is 4.79 Å². The zero-order valence-electron chi connectivity index (χ0n) is 18.0. The Morgan fingerprint density at radius 2 is 1.74 bits per heavy atom. The second-order valence-electron chi connectivity index (χ2n) is 7.63. The second-order valence-corrected chi connectivity index (χ2v) is 8.54. The number of benzene rings is 2. The van der Waals surface area contributed by atoms with E-state index in [0.29, 0.717) is 30.2 Å². The predicted octanol–water partition coefficient (Wildman–Crippen LogP) is 4.96. The van der Waals surface area contributed by atoms with Crippen molar-refractivity contribution in [2.75, 3.05) is 27.9 Å². The van der Waals surface area contributed by atoms with Gasteiger partial charge in [0.25, 0.3) is 0 Å². The van der Waals surface area contributed by atoms with E-state index >= 15 is 0 Å². The zero-order chi connectivity index (χ0) is 22.0. The van der Waals surface area contributed by atoms with Gasteiger partial charge in [0.15, 0.2) is 11.5 Å². The number of fused-ring (bicyclic) bond motifs is 1. The summed E-state index contributed by atoms with van der Waals surface area (Å²) in [5.41, 5.74) is 1.95. The molecule has 2 unspecified atom stereocenters. The van der Waals surface area contributed by atoms with Gasteiger partial charge < -0.3 is 19.3 Å². The highest BCUT2D eigenvalue weighted by Crippen LogP contribution is 2.46. The lowest BCUT2D eigenvalue weighted by molar-refractivity contribution is -0.145. The molecule has 7 heteroatoms. The summed E-state index contributed by atoms with van der Waals surface area (Å²) in [5, 5.41) is 13.3. The van der Waals surface area contributed by atoms with Gasteiger partial charge in [-0.3, -0.25) is 9.69 Å². The lowest BCUT2D eigenvalue weighted by Gasteiger charge is -2.40. The molecule has 1 N–H and O–H groups in total. The zero-order valence-corrected chi connectivity index (χ0v) is 18.8. The summed E-state index contributed by atoms with van der Waals surface area (Å²) >= 11 is 1.67. The molecule has 1 aromatic heterocycles. The number of rotatable bonds is 7. The van der Waals surface area contributed by atoms with Gasteiger partial charge in [-0.05, 0) is 47.8 Å². The topological polar surface area (TPSA) is 68.2 Å². The summed E-state index contributed by atoms with van der Waals surface area (Å²) in [6.07, 6.45) is 2.50. The maximum absolute atomic E-state index is 12.2. The van der Waals surface area contributed by atoms with Gasteiger partial charge in [-0.1, -0.05) is 24.6 Å². The standard InChI is InChI=1S/C24H27NO5S/c1-28-19-13-21(30-3)20(29-2)12-16(19)23(25-11-7-6-9-18(25)24(26)27)17-14-31-22-10-5-4-8-15(17)22/h4-5,8,10,12-14,18,23H,6-7,9,11H2,1-3H3,(H,26,27). The van der Waals surface area contributed by atoms with Crippen LogP contribution in [0.5, 0.6) is 17.2 Å². The Balaban J connectivity index is 1.96. The fraction of sp³-hybridized carbons (Fsp3) is 0.375. The molecule has 0 radical (unpaired) electrons. The van der Waals surface area contributed by atoms with Crippen LogP contribution in [0.3, 0.4) is 0 Å². The molecule has 4 rings (SSSR count). The van der Waals surface area contributed by atoms with E-state index in [1.807, 2.05) is 24.3 Å². The third-order valence-corrected chi connectivity index (χ3v) is 6.98. The smallest absolute Gasteiger partial charge is 0.320 e. The van der Waals surface area contributed by atoms with Gasteiger partial charge in [-0.25, -0.2) is 0 Å². The van der Waals surface area contributed by atoms with Crippen LogP contribution in [0.1, 0.15) is 36.4 Å². The third kappa shape index (κ3) is 3.95. The van der Waals surface area contributed by atoms with E-state index in [2.05, 4.69) is 22.4 Å². The predicted molar refractivity (Wildman–Crippen MR) is 122 cm³/mol. The molecule has 2 atom stereocenters. The molecule has 2 aromatic carbocycles. The highest BCUT2D eigenvalue weighted by atomic mass is 32.1. The van der Waals surface area contributed by atoms with Crippen molar-refractivity contribution in [1.82, 2.24) is 4.90 Å². The van der Waals surface area contributed by atoms with E-state index in [1.165, 1.54) is 4.70 Å². The van der Waals surface area contributed by atoms with Crippen LogP contribution >= 0.6 is 11.3 Å². The average molecular weight is 442 g/mol. The monoisotopic (exact) mass is 441 g/mol. The van der Waals surface area contributed by atoms with Gasteiger partial charge in [0.2, 0.25) is 0 Å². The number of ether oxygens (including phenoxy) is 3. The van der Waals surface area contributed by atoms with Crippen LogP contribution in [0.25, 0.3) is 10.1 Å². The van der Waals surface area contributed by atoms with Gasteiger partial charge in [-0.2, -0.15) is 0 Å². The van der Waals surface area contributed by atoms with Crippen molar-refractivity contribution in [2.24, 2.45) is 0 Å². The van der Waals surface area contributed by atoms with Crippen LogP contribution in [-0.4, -0.2) is 49.9 Å². The molecule has 31 heavy (non-hydrogen) atoms. The largest absolute Gasteiger partial charge is 0.496 e. The molecule has 1 aliphatic rings. The fourth-order valence-electron chi connectivity index (χ4n) is 4.53. The summed E-state index contributed by atoms with van der Waals surface area (Å²) in [6.45, 7) is 0.698. The van der Waals surface area contributed by atoms with Crippen LogP contribution in [0.4, 0.5) is 0 Å². The minimum atomic E-state index is -0.788. The highest BCUT2D eigenvalue weighted by molar-refractivity contribution is 7.17. The molecule has 1 saturated heterocycles. The van der Waals surface area contributed by atoms with Crippen molar-refractivity contribution in [3.05, 3.63) is 52.9 Å². The number of carboxylic acid groups (broad SMARTS) is 1. The maximum atomic E-state index is 12.2. The first kappa shape index (κ1) is 21.5. The molecule has 1 aliphatic heterocycles. The van der Waals surface area contributed by atoms with Crippen molar-refractivity contribution in [1.29, 1.82) is 0 Å². The van der Waals surface area contributed by atoms with Crippen molar-refractivity contribution in [2.45, 2.75) is 31.3 Å². The Hall–Kier alpha value is -2.77. The molecular weight excluding hydrogens is 414 g/mol. The Labute approximate surface area is 186 Å².